The molecule has 2 aromatic rings. The molecule has 4 nitrogen and oxygen atoms in total. The molecule has 0 aliphatic carbocycles. The molecule has 1 amide bonds. The maximum Gasteiger partial charge on any atom is 0.246 e. The van der Waals surface area contributed by atoms with Crippen LogP contribution in [0.3, 0.4) is 0 Å². The Morgan fingerprint density at radius 3 is 2.61 bits per heavy atom. The van der Waals surface area contributed by atoms with Crippen LogP contribution in [0.4, 0.5) is 5.69 Å². The predicted molar refractivity (Wildman–Crippen MR) is 74.5 cm³/mol. The zero-order valence-electron chi connectivity index (χ0n) is 10.3. The molecule has 18 heavy (non-hydrogen) atoms. The highest BCUT2D eigenvalue weighted by Gasteiger charge is 2.08. The van der Waals surface area contributed by atoms with E-state index >= 15 is 0 Å². The summed E-state index contributed by atoms with van der Waals surface area (Å²) in [5.74, 6) is -0.0806. The molecule has 5 heteroatoms. The third-order valence-electron chi connectivity index (χ3n) is 2.65. The van der Waals surface area contributed by atoms with Gasteiger partial charge in [0.25, 0.3) is 0 Å². The lowest BCUT2D eigenvalue weighted by molar-refractivity contribution is -0.116. The van der Waals surface area contributed by atoms with Crippen LogP contribution in [-0.4, -0.2) is 15.7 Å². The summed E-state index contributed by atoms with van der Waals surface area (Å²) in [5.41, 5.74) is 3.00. The van der Waals surface area contributed by atoms with Gasteiger partial charge in [0.2, 0.25) is 5.91 Å². The lowest BCUT2D eigenvalue weighted by Gasteiger charge is -2.11. The number of nitrogens with zero attached hydrogens (tertiary/aromatic N) is 2. The first-order valence-corrected chi connectivity index (χ1v) is 6.39. The fraction of sp³-hybridized carbons (Fsp3) is 0.231. The molecule has 1 heterocycles. The summed E-state index contributed by atoms with van der Waals surface area (Å²) in [6.07, 6.45) is 3.43. The highest BCUT2D eigenvalue weighted by atomic mass is 79.9. The van der Waals surface area contributed by atoms with Gasteiger partial charge in [-0.3, -0.25) is 9.48 Å². The second kappa shape index (κ2) is 5.35. The molecule has 94 valence electrons. The van der Waals surface area contributed by atoms with Gasteiger partial charge in [0.1, 0.15) is 6.54 Å². The van der Waals surface area contributed by atoms with E-state index in [9.17, 15) is 4.79 Å². The maximum absolute atomic E-state index is 11.9. The van der Waals surface area contributed by atoms with Crippen LogP contribution in [0.1, 0.15) is 11.1 Å². The molecule has 0 spiro atoms. The number of aromatic nitrogens is 2. The smallest absolute Gasteiger partial charge is 0.246 e. The SMILES string of the molecule is Cc1cccc(C)c1NC(=O)Cn1cc(Br)cn1. The van der Waals surface area contributed by atoms with Crippen molar-refractivity contribution in [3.05, 3.63) is 46.2 Å². The number of para-hydroxylation sites is 1. The van der Waals surface area contributed by atoms with Gasteiger partial charge in [-0.05, 0) is 40.9 Å². The van der Waals surface area contributed by atoms with Crippen molar-refractivity contribution in [3.8, 4) is 0 Å². The van der Waals surface area contributed by atoms with Gasteiger partial charge < -0.3 is 5.32 Å². The number of hydrogen-bond acceptors (Lipinski definition) is 2. The number of hydrogen-bond donors (Lipinski definition) is 1. The van der Waals surface area contributed by atoms with Gasteiger partial charge in [0, 0.05) is 11.9 Å². The summed E-state index contributed by atoms with van der Waals surface area (Å²) < 4.78 is 2.45. The Kier molecular flexibility index (Phi) is 3.81. The molecular formula is C13H14BrN3O. The van der Waals surface area contributed by atoms with Crippen molar-refractivity contribution in [1.82, 2.24) is 9.78 Å². The lowest BCUT2D eigenvalue weighted by atomic mass is 10.1. The van der Waals surface area contributed by atoms with Gasteiger partial charge in [0.05, 0.1) is 10.7 Å². The number of amides is 1. The van der Waals surface area contributed by atoms with E-state index in [0.717, 1.165) is 21.3 Å². The van der Waals surface area contributed by atoms with E-state index in [-0.39, 0.29) is 12.5 Å². The third-order valence-corrected chi connectivity index (χ3v) is 3.06. The van der Waals surface area contributed by atoms with Crippen LogP contribution < -0.4 is 5.32 Å². The number of rotatable bonds is 3. The van der Waals surface area contributed by atoms with Gasteiger partial charge in [-0.15, -0.1) is 0 Å². The van der Waals surface area contributed by atoms with Crippen molar-refractivity contribution in [3.63, 3.8) is 0 Å². The second-order valence-corrected chi connectivity index (χ2v) is 5.09. The molecule has 0 atom stereocenters. The zero-order chi connectivity index (χ0) is 13.1. The van der Waals surface area contributed by atoms with E-state index < -0.39 is 0 Å². The molecule has 0 bridgehead atoms. The van der Waals surface area contributed by atoms with E-state index in [1.165, 1.54) is 0 Å². The molecule has 0 unspecified atom stereocenters. The van der Waals surface area contributed by atoms with Crippen molar-refractivity contribution in [2.75, 3.05) is 5.32 Å². The Hall–Kier alpha value is -1.62. The molecule has 0 saturated carbocycles. The molecule has 2 rings (SSSR count). The van der Waals surface area contributed by atoms with Crippen molar-refractivity contribution >= 4 is 27.5 Å². The Morgan fingerprint density at radius 1 is 1.39 bits per heavy atom. The van der Waals surface area contributed by atoms with Crippen LogP contribution in [0.15, 0.2) is 35.1 Å². The fourth-order valence-electron chi connectivity index (χ4n) is 1.76. The first-order chi connectivity index (χ1) is 8.56. The van der Waals surface area contributed by atoms with Gasteiger partial charge in [-0.2, -0.15) is 5.10 Å². The third kappa shape index (κ3) is 2.98. The van der Waals surface area contributed by atoms with Crippen LogP contribution in [0.5, 0.6) is 0 Å². The summed E-state index contributed by atoms with van der Waals surface area (Å²) in [6.45, 7) is 4.17. The topological polar surface area (TPSA) is 46.9 Å². The van der Waals surface area contributed by atoms with E-state index in [0.29, 0.717) is 0 Å². The standard InChI is InChI=1S/C13H14BrN3O/c1-9-4-3-5-10(2)13(9)16-12(18)8-17-7-11(14)6-15-17/h3-7H,8H2,1-2H3,(H,16,18). The number of carbonyl (C=O) groups is 1. The summed E-state index contributed by atoms with van der Waals surface area (Å²) >= 11 is 3.30. The van der Waals surface area contributed by atoms with Crippen molar-refractivity contribution in [1.29, 1.82) is 0 Å². The van der Waals surface area contributed by atoms with Crippen LogP contribution >= 0.6 is 15.9 Å². The Balaban J connectivity index is 2.08. The molecule has 0 saturated heterocycles. The summed E-state index contributed by atoms with van der Waals surface area (Å²) in [5, 5.41) is 6.97. The molecule has 1 N–H and O–H groups in total. The Labute approximate surface area is 114 Å². The highest BCUT2D eigenvalue weighted by Crippen LogP contribution is 2.19. The van der Waals surface area contributed by atoms with Crippen LogP contribution in [-0.2, 0) is 11.3 Å². The maximum atomic E-state index is 11.9. The van der Waals surface area contributed by atoms with Gasteiger partial charge >= 0.3 is 0 Å². The first-order valence-electron chi connectivity index (χ1n) is 5.60. The van der Waals surface area contributed by atoms with E-state index in [1.807, 2.05) is 32.0 Å². The molecule has 1 aromatic heterocycles. The van der Waals surface area contributed by atoms with Crippen molar-refractivity contribution in [2.24, 2.45) is 0 Å². The van der Waals surface area contributed by atoms with Crippen molar-refractivity contribution in [2.45, 2.75) is 20.4 Å². The molecule has 0 fully saturated rings. The normalized spacial score (nSPS) is 10.4. The average molecular weight is 308 g/mol. The number of aryl methyl sites for hydroxylation is 2. The first kappa shape index (κ1) is 12.8. The largest absolute Gasteiger partial charge is 0.324 e. The molecule has 0 aliphatic heterocycles. The van der Waals surface area contributed by atoms with Crippen molar-refractivity contribution < 1.29 is 4.79 Å². The van der Waals surface area contributed by atoms with E-state index in [2.05, 4.69) is 26.3 Å². The molecular weight excluding hydrogens is 294 g/mol. The number of nitrogens with one attached hydrogen (secondary N) is 1. The number of halogens is 1. The fourth-order valence-corrected chi connectivity index (χ4v) is 2.09. The molecule has 1 aromatic carbocycles. The lowest BCUT2D eigenvalue weighted by Crippen LogP contribution is -2.20. The van der Waals surface area contributed by atoms with Gasteiger partial charge in [-0.25, -0.2) is 0 Å². The monoisotopic (exact) mass is 307 g/mol. The minimum atomic E-state index is -0.0806. The number of benzene rings is 1. The summed E-state index contributed by atoms with van der Waals surface area (Å²) in [4.78, 5) is 11.9. The van der Waals surface area contributed by atoms with Crippen LogP contribution in [0, 0.1) is 13.8 Å². The van der Waals surface area contributed by atoms with E-state index in [1.54, 1.807) is 17.1 Å². The Morgan fingerprint density at radius 2 is 2.06 bits per heavy atom. The predicted octanol–water partition coefficient (Wildman–Crippen LogP) is 2.90. The number of carbonyl (C=O) groups excluding carboxylic acids is 1. The summed E-state index contributed by atoms with van der Waals surface area (Å²) in [6, 6.07) is 5.94. The van der Waals surface area contributed by atoms with Gasteiger partial charge in [-0.1, -0.05) is 18.2 Å². The van der Waals surface area contributed by atoms with Crippen LogP contribution in [0.2, 0.25) is 0 Å². The molecule has 0 aliphatic rings. The minimum Gasteiger partial charge on any atom is -0.324 e. The highest BCUT2D eigenvalue weighted by molar-refractivity contribution is 9.10. The average Bonchev–Trinajstić information content (AvgIpc) is 2.69. The Bertz CT molecular complexity index is 557. The van der Waals surface area contributed by atoms with E-state index in [4.69, 9.17) is 0 Å². The second-order valence-electron chi connectivity index (χ2n) is 4.17. The van der Waals surface area contributed by atoms with Crippen LogP contribution in [0.25, 0.3) is 0 Å². The minimum absolute atomic E-state index is 0.0806. The zero-order valence-corrected chi connectivity index (χ0v) is 11.9. The van der Waals surface area contributed by atoms with Gasteiger partial charge in [0.15, 0.2) is 0 Å². The molecule has 0 radical (unpaired) electrons. The quantitative estimate of drug-likeness (QED) is 0.947. The number of anilines is 1. The summed E-state index contributed by atoms with van der Waals surface area (Å²) in [7, 11) is 0.